The molecule has 0 spiro atoms. The molecule has 21 heavy (non-hydrogen) atoms. The summed E-state index contributed by atoms with van der Waals surface area (Å²) >= 11 is 0. The second-order valence-corrected chi connectivity index (χ2v) is 6.46. The third-order valence-corrected chi connectivity index (χ3v) is 3.23. The van der Waals surface area contributed by atoms with Gasteiger partial charge in [0.2, 0.25) is 5.88 Å². The quantitative estimate of drug-likeness (QED) is 0.678. The van der Waals surface area contributed by atoms with E-state index in [4.69, 9.17) is 4.74 Å². The lowest BCUT2D eigenvalue weighted by Gasteiger charge is -2.18. The van der Waals surface area contributed by atoms with Crippen molar-refractivity contribution in [3.63, 3.8) is 0 Å². The lowest BCUT2D eigenvalue weighted by atomic mass is 9.96. The van der Waals surface area contributed by atoms with Gasteiger partial charge in [-0.2, -0.15) is 4.98 Å². The van der Waals surface area contributed by atoms with Gasteiger partial charge in [-0.05, 0) is 13.3 Å². The molecule has 1 aromatic rings. The average Bonchev–Trinajstić information content (AvgIpc) is 2.42. The molecule has 0 bridgehead atoms. The number of unbranched alkanes of at least 4 members (excludes halogenated alkanes) is 4. The van der Waals surface area contributed by atoms with Gasteiger partial charge in [0.15, 0.2) is 0 Å². The number of ether oxygens (including phenoxy) is 1. The van der Waals surface area contributed by atoms with E-state index in [0.717, 1.165) is 31.2 Å². The molecular weight excluding hydrogens is 262 g/mol. The maximum atomic E-state index is 5.82. The van der Waals surface area contributed by atoms with Gasteiger partial charge in [-0.15, -0.1) is 0 Å². The fourth-order valence-corrected chi connectivity index (χ4v) is 1.99. The molecule has 120 valence electrons. The second kappa shape index (κ2) is 8.85. The van der Waals surface area contributed by atoms with Crippen LogP contribution in [0.15, 0.2) is 6.07 Å². The van der Waals surface area contributed by atoms with Gasteiger partial charge in [0.05, 0.1) is 6.61 Å². The van der Waals surface area contributed by atoms with Crippen molar-refractivity contribution < 1.29 is 4.74 Å². The zero-order valence-electron chi connectivity index (χ0n) is 14.3. The van der Waals surface area contributed by atoms with Crippen LogP contribution in [0.4, 0.5) is 5.82 Å². The molecular formula is C17H31N3O. The van der Waals surface area contributed by atoms with E-state index in [1.165, 1.54) is 25.7 Å². The van der Waals surface area contributed by atoms with E-state index in [-0.39, 0.29) is 5.41 Å². The minimum atomic E-state index is -0.0787. The van der Waals surface area contributed by atoms with Crippen molar-refractivity contribution in [2.45, 2.75) is 72.1 Å². The first kappa shape index (κ1) is 17.7. The highest BCUT2D eigenvalue weighted by atomic mass is 16.5. The fourth-order valence-electron chi connectivity index (χ4n) is 1.99. The molecule has 0 saturated carbocycles. The van der Waals surface area contributed by atoms with E-state index in [1.54, 1.807) is 0 Å². The molecule has 0 fully saturated rings. The van der Waals surface area contributed by atoms with Crippen LogP contribution >= 0.6 is 0 Å². The molecule has 0 aliphatic rings. The number of hydrogen-bond donors (Lipinski definition) is 1. The van der Waals surface area contributed by atoms with E-state index >= 15 is 0 Å². The second-order valence-electron chi connectivity index (χ2n) is 6.46. The van der Waals surface area contributed by atoms with Crippen molar-refractivity contribution in [2.24, 2.45) is 0 Å². The zero-order chi connectivity index (χ0) is 15.7. The first-order valence-electron chi connectivity index (χ1n) is 8.23. The van der Waals surface area contributed by atoms with Crippen molar-refractivity contribution in [3.8, 4) is 5.88 Å². The highest BCUT2D eigenvalue weighted by Crippen LogP contribution is 2.23. The lowest BCUT2D eigenvalue weighted by Crippen LogP contribution is -2.18. The Bertz CT molecular complexity index is 413. The maximum absolute atomic E-state index is 5.82. The van der Waals surface area contributed by atoms with Crippen molar-refractivity contribution in [1.82, 2.24) is 9.97 Å². The highest BCUT2D eigenvalue weighted by Gasteiger charge is 2.19. The van der Waals surface area contributed by atoms with Gasteiger partial charge in [0.25, 0.3) is 0 Å². The minimum Gasteiger partial charge on any atom is -0.478 e. The van der Waals surface area contributed by atoms with Crippen LogP contribution < -0.4 is 10.1 Å². The molecule has 0 atom stereocenters. The summed E-state index contributed by atoms with van der Waals surface area (Å²) in [6.07, 6.45) is 6.19. The largest absolute Gasteiger partial charge is 0.478 e. The van der Waals surface area contributed by atoms with Gasteiger partial charge in [-0.3, -0.25) is 0 Å². The molecule has 1 heterocycles. The Morgan fingerprint density at radius 2 is 1.76 bits per heavy atom. The van der Waals surface area contributed by atoms with Gasteiger partial charge in [-0.1, -0.05) is 53.4 Å². The van der Waals surface area contributed by atoms with Crippen LogP contribution in [-0.4, -0.2) is 23.1 Å². The number of anilines is 1. The predicted molar refractivity (Wildman–Crippen MR) is 89.1 cm³/mol. The Kier molecular flexibility index (Phi) is 7.48. The van der Waals surface area contributed by atoms with Crippen LogP contribution in [0, 0.1) is 0 Å². The summed E-state index contributed by atoms with van der Waals surface area (Å²) in [7, 11) is 0. The first-order valence-corrected chi connectivity index (χ1v) is 8.23. The first-order chi connectivity index (χ1) is 9.97. The van der Waals surface area contributed by atoms with E-state index in [9.17, 15) is 0 Å². The molecule has 4 heteroatoms. The van der Waals surface area contributed by atoms with Crippen molar-refractivity contribution in [2.75, 3.05) is 18.5 Å². The summed E-state index contributed by atoms with van der Waals surface area (Å²) in [6, 6.07) is 1.89. The number of aromatic nitrogens is 2. The Morgan fingerprint density at radius 3 is 2.38 bits per heavy atom. The monoisotopic (exact) mass is 293 g/mol. The summed E-state index contributed by atoms with van der Waals surface area (Å²) in [6.45, 7) is 12.2. The van der Waals surface area contributed by atoms with Crippen molar-refractivity contribution in [1.29, 1.82) is 0 Å². The number of hydrogen-bond acceptors (Lipinski definition) is 4. The molecule has 0 radical (unpaired) electrons. The molecule has 0 aliphatic carbocycles. The Labute approximate surface area is 129 Å². The molecule has 0 amide bonds. The minimum absolute atomic E-state index is 0.0787. The van der Waals surface area contributed by atoms with Crippen LogP contribution in [0.25, 0.3) is 0 Å². The molecule has 0 unspecified atom stereocenters. The third kappa shape index (κ3) is 6.78. The number of rotatable bonds is 9. The summed E-state index contributed by atoms with van der Waals surface area (Å²) in [5.74, 6) is 2.35. The van der Waals surface area contributed by atoms with Gasteiger partial charge >= 0.3 is 0 Å². The van der Waals surface area contributed by atoms with Gasteiger partial charge in [-0.25, -0.2) is 4.98 Å². The summed E-state index contributed by atoms with van der Waals surface area (Å²) in [5, 5.41) is 3.25. The van der Waals surface area contributed by atoms with Crippen LogP contribution in [0.3, 0.4) is 0 Å². The van der Waals surface area contributed by atoms with Crippen LogP contribution in [0.2, 0.25) is 0 Å². The topological polar surface area (TPSA) is 47.0 Å². The molecule has 0 aliphatic heterocycles. The summed E-state index contributed by atoms with van der Waals surface area (Å²) in [4.78, 5) is 9.11. The third-order valence-electron chi connectivity index (χ3n) is 3.23. The van der Waals surface area contributed by atoms with E-state index in [1.807, 2.05) is 6.07 Å². The van der Waals surface area contributed by atoms with Gasteiger partial charge in [0, 0.05) is 18.0 Å². The fraction of sp³-hybridized carbons (Fsp3) is 0.765. The summed E-state index contributed by atoms with van der Waals surface area (Å²) < 4.78 is 5.82. The Hall–Kier alpha value is -1.32. The van der Waals surface area contributed by atoms with Crippen molar-refractivity contribution >= 4 is 5.82 Å². The molecule has 1 aromatic heterocycles. The lowest BCUT2D eigenvalue weighted by molar-refractivity contribution is 0.290. The Morgan fingerprint density at radius 1 is 1.05 bits per heavy atom. The van der Waals surface area contributed by atoms with E-state index in [0.29, 0.717) is 5.88 Å². The zero-order valence-corrected chi connectivity index (χ0v) is 14.3. The summed E-state index contributed by atoms with van der Waals surface area (Å²) in [5.41, 5.74) is -0.0787. The molecule has 0 saturated heterocycles. The molecule has 1 N–H and O–H groups in total. The van der Waals surface area contributed by atoms with Gasteiger partial charge < -0.3 is 10.1 Å². The normalized spacial score (nSPS) is 11.5. The van der Waals surface area contributed by atoms with E-state index in [2.05, 4.69) is 49.9 Å². The smallest absolute Gasteiger partial charge is 0.218 e. The van der Waals surface area contributed by atoms with Crippen LogP contribution in [0.1, 0.15) is 72.5 Å². The standard InChI is InChI=1S/C17H31N3O/c1-6-8-9-10-11-12-21-15-13-14(18-7-2)19-16(20-15)17(3,4)5/h13H,6-12H2,1-5H3,(H,18,19,20). The SMILES string of the molecule is CCCCCCCOc1cc(NCC)nc(C(C)(C)C)n1. The Balaban J connectivity index is 2.61. The molecule has 1 rings (SSSR count). The average molecular weight is 293 g/mol. The van der Waals surface area contributed by atoms with Crippen LogP contribution in [0.5, 0.6) is 5.88 Å². The van der Waals surface area contributed by atoms with Crippen LogP contribution in [-0.2, 0) is 5.41 Å². The van der Waals surface area contributed by atoms with Crippen molar-refractivity contribution in [3.05, 3.63) is 11.9 Å². The van der Waals surface area contributed by atoms with E-state index < -0.39 is 0 Å². The predicted octanol–water partition coefficient (Wildman–Crippen LogP) is 4.56. The number of nitrogens with one attached hydrogen (secondary N) is 1. The van der Waals surface area contributed by atoms with Gasteiger partial charge in [0.1, 0.15) is 11.6 Å². The maximum Gasteiger partial charge on any atom is 0.218 e. The molecule has 0 aromatic carbocycles. The number of nitrogens with zero attached hydrogens (tertiary/aromatic N) is 2. The highest BCUT2D eigenvalue weighted by molar-refractivity contribution is 5.39. The molecule has 4 nitrogen and oxygen atoms in total.